The topological polar surface area (TPSA) is 63.3 Å². The molecule has 1 aliphatic rings. The molecule has 0 amide bonds. The first kappa shape index (κ1) is 26.8. The van der Waals surface area contributed by atoms with Crippen LogP contribution in [0.25, 0.3) is 33.2 Å². The molecule has 5 heteroatoms. The standard InChI is InChI=1S/C25H24NO.C5H8O2.Ir/c1-14-10-11-15(2)21-17(4)24-22(16(3)20(14)21)19-12-13-26-23(25(19)27-24)18-8-6-5-7-9-18;1-4(6)3-5(2)7;/h5-8,12-15H,10-11H2,1-4H3;3,6H,1-2H3;/q-1;;/b;4-3-;. The van der Waals surface area contributed by atoms with Crippen LogP contribution < -0.4 is 0 Å². The van der Waals surface area contributed by atoms with Crippen LogP contribution in [-0.4, -0.2) is 15.9 Å². The molecular formula is C30H32IrNO3-. The van der Waals surface area contributed by atoms with Gasteiger partial charge in [0, 0.05) is 48.8 Å². The number of pyridine rings is 1. The summed E-state index contributed by atoms with van der Waals surface area (Å²) in [5.41, 5.74) is 9.52. The summed E-state index contributed by atoms with van der Waals surface area (Å²) in [5, 5.41) is 10.8. The molecule has 1 N–H and O–H groups in total. The van der Waals surface area contributed by atoms with Gasteiger partial charge in [-0.25, -0.2) is 0 Å². The zero-order chi connectivity index (χ0) is 24.6. The number of benzene rings is 2. The molecule has 2 atom stereocenters. The van der Waals surface area contributed by atoms with Gasteiger partial charge < -0.3 is 14.5 Å². The Morgan fingerprint density at radius 3 is 2.26 bits per heavy atom. The number of hydrogen-bond donors (Lipinski definition) is 1. The number of fused-ring (bicyclic) bond motifs is 4. The van der Waals surface area contributed by atoms with Gasteiger partial charge in [-0.1, -0.05) is 13.8 Å². The Labute approximate surface area is 220 Å². The number of furan rings is 1. The van der Waals surface area contributed by atoms with Gasteiger partial charge in [-0.15, -0.1) is 35.9 Å². The summed E-state index contributed by atoms with van der Waals surface area (Å²) < 4.78 is 6.52. The van der Waals surface area contributed by atoms with E-state index in [4.69, 9.17) is 9.52 Å². The van der Waals surface area contributed by atoms with E-state index in [2.05, 4.69) is 44.8 Å². The Hall–Kier alpha value is -2.75. The Kier molecular flexibility index (Phi) is 8.35. The summed E-state index contributed by atoms with van der Waals surface area (Å²) >= 11 is 0. The van der Waals surface area contributed by atoms with Gasteiger partial charge in [0.25, 0.3) is 0 Å². The monoisotopic (exact) mass is 647 g/mol. The van der Waals surface area contributed by atoms with Crippen molar-refractivity contribution >= 4 is 27.7 Å². The number of nitrogens with zero attached hydrogens (tertiary/aromatic N) is 1. The van der Waals surface area contributed by atoms with Crippen molar-refractivity contribution in [2.75, 3.05) is 0 Å². The number of ketones is 1. The van der Waals surface area contributed by atoms with Gasteiger partial charge in [-0.3, -0.25) is 4.79 Å². The van der Waals surface area contributed by atoms with Crippen molar-refractivity contribution in [3.8, 4) is 11.3 Å². The van der Waals surface area contributed by atoms with E-state index < -0.39 is 0 Å². The summed E-state index contributed by atoms with van der Waals surface area (Å²) in [4.78, 5) is 14.7. The third-order valence-corrected chi connectivity index (χ3v) is 6.81. The third kappa shape index (κ3) is 5.12. The number of aromatic nitrogens is 1. The maximum atomic E-state index is 10.0. The average molecular weight is 647 g/mol. The van der Waals surface area contributed by atoms with Crippen LogP contribution in [0.5, 0.6) is 0 Å². The summed E-state index contributed by atoms with van der Waals surface area (Å²) in [6.45, 7) is 12.1. The van der Waals surface area contributed by atoms with E-state index in [-0.39, 0.29) is 31.6 Å². The molecule has 2 aromatic heterocycles. The molecule has 5 rings (SSSR count). The second-order valence-electron chi connectivity index (χ2n) is 9.47. The van der Waals surface area contributed by atoms with Gasteiger partial charge in [0.2, 0.25) is 0 Å². The summed E-state index contributed by atoms with van der Waals surface area (Å²) in [6, 6.07) is 13.4. The van der Waals surface area contributed by atoms with Gasteiger partial charge >= 0.3 is 0 Å². The Morgan fingerprint density at radius 1 is 1.06 bits per heavy atom. The molecule has 0 aliphatic heterocycles. The van der Waals surface area contributed by atoms with Crippen LogP contribution >= 0.6 is 0 Å². The molecule has 1 aliphatic carbocycles. The van der Waals surface area contributed by atoms with Crippen molar-refractivity contribution in [1.29, 1.82) is 0 Å². The number of aryl methyl sites for hydroxylation is 2. The van der Waals surface area contributed by atoms with Crippen molar-refractivity contribution in [3.05, 3.63) is 76.7 Å². The molecule has 0 bridgehead atoms. The minimum Gasteiger partial charge on any atom is -0.512 e. The zero-order valence-electron chi connectivity index (χ0n) is 21.2. The predicted octanol–water partition coefficient (Wildman–Crippen LogP) is 8.10. The molecule has 2 aromatic carbocycles. The normalized spacial score (nSPS) is 17.4. The largest absolute Gasteiger partial charge is 0.512 e. The maximum absolute atomic E-state index is 10.0. The summed E-state index contributed by atoms with van der Waals surface area (Å²) in [6.07, 6.45) is 5.58. The molecule has 2 heterocycles. The average Bonchev–Trinajstić information content (AvgIpc) is 3.19. The van der Waals surface area contributed by atoms with E-state index in [9.17, 15) is 4.79 Å². The first-order valence-corrected chi connectivity index (χ1v) is 11.9. The fraction of sp³-hybridized carbons (Fsp3) is 0.333. The molecule has 0 spiro atoms. The van der Waals surface area contributed by atoms with Crippen molar-refractivity contribution in [2.24, 2.45) is 0 Å². The number of carbonyl (C=O) groups is 1. The van der Waals surface area contributed by atoms with Crippen molar-refractivity contribution in [1.82, 2.24) is 4.98 Å². The van der Waals surface area contributed by atoms with E-state index in [0.29, 0.717) is 11.8 Å². The van der Waals surface area contributed by atoms with E-state index in [1.165, 1.54) is 60.2 Å². The smallest absolute Gasteiger partial charge is 0.155 e. The van der Waals surface area contributed by atoms with E-state index in [1.54, 1.807) is 5.56 Å². The molecule has 0 fully saturated rings. The molecule has 35 heavy (non-hydrogen) atoms. The van der Waals surface area contributed by atoms with Crippen LogP contribution in [0.4, 0.5) is 0 Å². The Balaban J connectivity index is 0.000000378. The Morgan fingerprint density at radius 2 is 1.71 bits per heavy atom. The molecule has 1 radical (unpaired) electrons. The summed E-state index contributed by atoms with van der Waals surface area (Å²) in [5.74, 6) is 1.13. The van der Waals surface area contributed by atoms with E-state index in [0.717, 1.165) is 22.4 Å². The number of carbonyl (C=O) groups excluding carboxylic acids is 1. The molecule has 0 saturated heterocycles. The molecule has 4 nitrogen and oxygen atoms in total. The van der Waals surface area contributed by atoms with Crippen molar-refractivity contribution in [3.63, 3.8) is 0 Å². The fourth-order valence-corrected chi connectivity index (χ4v) is 5.41. The van der Waals surface area contributed by atoms with Crippen LogP contribution in [0, 0.1) is 19.9 Å². The van der Waals surface area contributed by atoms with E-state index in [1.807, 2.05) is 30.5 Å². The maximum Gasteiger partial charge on any atom is 0.155 e. The number of rotatable bonds is 2. The van der Waals surface area contributed by atoms with Crippen molar-refractivity contribution in [2.45, 2.75) is 66.2 Å². The zero-order valence-corrected chi connectivity index (χ0v) is 23.5. The third-order valence-electron chi connectivity index (χ3n) is 6.81. The minimum atomic E-state index is -0.125. The molecule has 2 unspecified atom stereocenters. The van der Waals surface area contributed by atoms with Crippen molar-refractivity contribution < 1.29 is 34.4 Å². The van der Waals surface area contributed by atoms with Gasteiger partial charge in [0.15, 0.2) is 5.78 Å². The SMILES string of the molecule is CC(=O)/C=C(/C)O.Cc1c2c(c(C)c3c1oc1c(-c4[c-]cccc4)nccc13)C(C)CCC2C.[Ir]. The fourth-order valence-electron chi connectivity index (χ4n) is 5.41. The number of aliphatic hydroxyl groups is 1. The number of aliphatic hydroxyl groups excluding tert-OH is 1. The van der Waals surface area contributed by atoms with Crippen LogP contribution in [0.15, 0.2) is 52.8 Å². The van der Waals surface area contributed by atoms with Crippen LogP contribution in [-0.2, 0) is 24.9 Å². The summed E-state index contributed by atoms with van der Waals surface area (Å²) in [7, 11) is 0. The van der Waals surface area contributed by atoms with Crippen LogP contribution in [0.3, 0.4) is 0 Å². The molecule has 185 valence electrons. The molecule has 0 saturated carbocycles. The van der Waals surface area contributed by atoms with Gasteiger partial charge in [-0.2, -0.15) is 0 Å². The molecular weight excluding hydrogens is 615 g/mol. The number of allylic oxidation sites excluding steroid dienone is 2. The predicted molar refractivity (Wildman–Crippen MR) is 138 cm³/mol. The second-order valence-corrected chi connectivity index (χ2v) is 9.47. The quantitative estimate of drug-likeness (QED) is 0.136. The second kappa shape index (κ2) is 10.9. The van der Waals surface area contributed by atoms with Crippen LogP contribution in [0.1, 0.15) is 74.6 Å². The first-order valence-electron chi connectivity index (χ1n) is 11.9. The van der Waals surface area contributed by atoms with Crippen LogP contribution in [0.2, 0.25) is 0 Å². The number of hydrogen-bond acceptors (Lipinski definition) is 4. The Bertz CT molecular complexity index is 1400. The first-order chi connectivity index (χ1) is 16.2. The molecule has 4 aromatic rings. The minimum absolute atomic E-state index is 0. The van der Waals surface area contributed by atoms with E-state index >= 15 is 0 Å². The van der Waals surface area contributed by atoms with Gasteiger partial charge in [-0.05, 0) is 80.7 Å². The van der Waals surface area contributed by atoms with Gasteiger partial charge in [0.1, 0.15) is 11.2 Å². The van der Waals surface area contributed by atoms with Gasteiger partial charge in [0.05, 0.1) is 5.76 Å².